The predicted molar refractivity (Wildman–Crippen MR) is 96.8 cm³/mol. The molecule has 3 amide bonds. The van der Waals surface area contributed by atoms with E-state index in [0.717, 1.165) is 19.4 Å². The van der Waals surface area contributed by atoms with E-state index in [4.69, 9.17) is 9.47 Å². The number of hydrogen-bond acceptors (Lipinski definition) is 4. The number of hydrogen-bond donors (Lipinski definition) is 3. The van der Waals surface area contributed by atoms with Crippen LogP contribution in [0.3, 0.4) is 0 Å². The van der Waals surface area contributed by atoms with Crippen molar-refractivity contribution < 1.29 is 19.1 Å². The molecule has 0 unspecified atom stereocenters. The molecule has 7 nitrogen and oxygen atoms in total. The van der Waals surface area contributed by atoms with Crippen LogP contribution in [-0.2, 0) is 14.3 Å². The van der Waals surface area contributed by atoms with Crippen molar-refractivity contribution in [2.24, 2.45) is 0 Å². The summed E-state index contributed by atoms with van der Waals surface area (Å²) in [5.74, 6) is -0.167. The number of rotatable bonds is 8. The van der Waals surface area contributed by atoms with Gasteiger partial charge >= 0.3 is 6.03 Å². The highest BCUT2D eigenvalue weighted by Gasteiger charge is 2.17. The fourth-order valence-electron chi connectivity index (χ4n) is 2.63. The zero-order valence-electron chi connectivity index (χ0n) is 14.8. The Labute approximate surface area is 148 Å². The third-order valence-electron chi connectivity index (χ3n) is 3.96. The second-order valence-electron chi connectivity index (χ2n) is 5.89. The van der Waals surface area contributed by atoms with E-state index in [1.54, 1.807) is 24.3 Å². The molecule has 25 heavy (non-hydrogen) atoms. The summed E-state index contributed by atoms with van der Waals surface area (Å²) in [5.41, 5.74) is 1.31. The Bertz CT molecular complexity index is 556. The van der Waals surface area contributed by atoms with E-state index in [1.807, 2.05) is 13.8 Å². The van der Waals surface area contributed by atoms with Crippen LogP contribution in [0.2, 0.25) is 0 Å². The van der Waals surface area contributed by atoms with Crippen molar-refractivity contribution >= 4 is 23.3 Å². The number of ether oxygens (including phenoxy) is 2. The van der Waals surface area contributed by atoms with Crippen molar-refractivity contribution in [3.63, 3.8) is 0 Å². The molecule has 0 spiro atoms. The van der Waals surface area contributed by atoms with Gasteiger partial charge in [-0.25, -0.2) is 4.79 Å². The summed E-state index contributed by atoms with van der Waals surface area (Å²) in [7, 11) is 0. The van der Waals surface area contributed by atoms with Gasteiger partial charge in [0, 0.05) is 31.1 Å². The Hall–Kier alpha value is -2.12. The molecule has 1 aromatic carbocycles. The normalized spacial score (nSPS) is 17.8. The van der Waals surface area contributed by atoms with Crippen LogP contribution in [0.1, 0.15) is 33.1 Å². The van der Waals surface area contributed by atoms with E-state index in [1.165, 1.54) is 0 Å². The molecular formula is C18H27N3O4. The zero-order valence-corrected chi connectivity index (χ0v) is 14.8. The minimum Gasteiger partial charge on any atom is -0.376 e. The van der Waals surface area contributed by atoms with Crippen molar-refractivity contribution in [1.29, 1.82) is 0 Å². The second kappa shape index (κ2) is 10.0. The Morgan fingerprint density at radius 1 is 1.20 bits per heavy atom. The van der Waals surface area contributed by atoms with Gasteiger partial charge in [-0.15, -0.1) is 0 Å². The van der Waals surface area contributed by atoms with Crippen molar-refractivity contribution in [3.8, 4) is 0 Å². The van der Waals surface area contributed by atoms with Crippen LogP contribution in [0, 0.1) is 0 Å². The van der Waals surface area contributed by atoms with Gasteiger partial charge < -0.3 is 25.4 Å². The van der Waals surface area contributed by atoms with Gasteiger partial charge in [-0.05, 0) is 50.5 Å². The minimum atomic E-state index is -0.452. The first-order valence-electron chi connectivity index (χ1n) is 8.81. The number of amides is 3. The zero-order chi connectivity index (χ0) is 18.1. The van der Waals surface area contributed by atoms with Crippen LogP contribution >= 0.6 is 0 Å². The molecule has 2 rings (SSSR count). The standard InChI is InChI=1S/C18H27N3O4/c1-3-16(24-4-2)17(22)20-13-7-9-14(10-8-13)21-18(23)19-12-15-6-5-11-25-15/h7-10,15-16H,3-6,11-12H2,1-2H3,(H,20,22)(H2,19,21,23)/t15-,16-/m0/s1. The second-order valence-corrected chi connectivity index (χ2v) is 5.89. The fraction of sp³-hybridized carbons (Fsp3) is 0.556. The maximum atomic E-state index is 12.1. The number of carbonyl (C=O) groups is 2. The van der Waals surface area contributed by atoms with Gasteiger partial charge in [-0.3, -0.25) is 4.79 Å². The van der Waals surface area contributed by atoms with Crippen LogP contribution in [0.5, 0.6) is 0 Å². The van der Waals surface area contributed by atoms with Gasteiger partial charge in [0.05, 0.1) is 6.10 Å². The largest absolute Gasteiger partial charge is 0.376 e. The monoisotopic (exact) mass is 349 g/mol. The van der Waals surface area contributed by atoms with Gasteiger partial charge in [0.2, 0.25) is 0 Å². The first-order chi connectivity index (χ1) is 12.1. The SMILES string of the molecule is CCO[C@@H](CC)C(=O)Nc1ccc(NC(=O)NC[C@@H]2CCCO2)cc1. The van der Waals surface area contributed by atoms with Gasteiger partial charge in [0.15, 0.2) is 0 Å². The van der Waals surface area contributed by atoms with E-state index in [0.29, 0.717) is 30.9 Å². The van der Waals surface area contributed by atoms with Crippen LogP contribution in [0.25, 0.3) is 0 Å². The fourth-order valence-corrected chi connectivity index (χ4v) is 2.63. The molecule has 138 valence electrons. The van der Waals surface area contributed by atoms with Crippen LogP contribution in [-0.4, -0.2) is 43.9 Å². The molecule has 7 heteroatoms. The molecule has 1 aromatic rings. The number of nitrogens with one attached hydrogen (secondary N) is 3. The first-order valence-corrected chi connectivity index (χ1v) is 8.81. The Kier molecular flexibility index (Phi) is 7.69. The molecule has 0 aromatic heterocycles. The molecule has 0 radical (unpaired) electrons. The smallest absolute Gasteiger partial charge is 0.319 e. The predicted octanol–water partition coefficient (Wildman–Crippen LogP) is 2.74. The van der Waals surface area contributed by atoms with E-state index in [9.17, 15) is 9.59 Å². The van der Waals surface area contributed by atoms with Crippen LogP contribution in [0.4, 0.5) is 16.2 Å². The maximum Gasteiger partial charge on any atom is 0.319 e. The van der Waals surface area contributed by atoms with Crippen molar-refractivity contribution in [3.05, 3.63) is 24.3 Å². The first kappa shape index (κ1) is 19.2. The minimum absolute atomic E-state index is 0.111. The molecule has 1 saturated heterocycles. The number of urea groups is 1. The quantitative estimate of drug-likeness (QED) is 0.673. The lowest BCUT2D eigenvalue weighted by molar-refractivity contribution is -0.127. The maximum absolute atomic E-state index is 12.1. The van der Waals surface area contributed by atoms with Gasteiger partial charge in [0.1, 0.15) is 6.10 Å². The summed E-state index contributed by atoms with van der Waals surface area (Å²) < 4.78 is 10.8. The van der Waals surface area contributed by atoms with Crippen LogP contribution in [0.15, 0.2) is 24.3 Å². The number of carbonyl (C=O) groups excluding carboxylic acids is 2. The van der Waals surface area contributed by atoms with E-state index >= 15 is 0 Å². The summed E-state index contributed by atoms with van der Waals surface area (Å²) >= 11 is 0. The summed E-state index contributed by atoms with van der Waals surface area (Å²) in [5, 5.41) is 8.36. The average Bonchev–Trinajstić information content (AvgIpc) is 3.13. The number of benzene rings is 1. The van der Waals surface area contributed by atoms with Gasteiger partial charge in [-0.2, -0.15) is 0 Å². The Morgan fingerprint density at radius 2 is 1.88 bits per heavy atom. The lowest BCUT2D eigenvalue weighted by Gasteiger charge is -2.15. The highest BCUT2D eigenvalue weighted by Crippen LogP contribution is 2.15. The van der Waals surface area contributed by atoms with Crippen molar-refractivity contribution in [2.75, 3.05) is 30.4 Å². The molecule has 2 atom stereocenters. The Balaban J connectivity index is 1.78. The summed E-state index contributed by atoms with van der Waals surface area (Å²) in [6.07, 6.45) is 2.30. The molecule has 1 aliphatic heterocycles. The lowest BCUT2D eigenvalue weighted by Crippen LogP contribution is -2.35. The number of anilines is 2. The molecule has 0 aliphatic carbocycles. The molecule has 0 bridgehead atoms. The van der Waals surface area contributed by atoms with E-state index in [2.05, 4.69) is 16.0 Å². The van der Waals surface area contributed by atoms with Crippen molar-refractivity contribution in [1.82, 2.24) is 5.32 Å². The lowest BCUT2D eigenvalue weighted by atomic mass is 10.2. The third kappa shape index (κ3) is 6.36. The van der Waals surface area contributed by atoms with Crippen molar-refractivity contribution in [2.45, 2.75) is 45.3 Å². The third-order valence-corrected chi connectivity index (χ3v) is 3.96. The molecule has 1 aliphatic rings. The highest BCUT2D eigenvalue weighted by molar-refractivity contribution is 5.94. The summed E-state index contributed by atoms with van der Waals surface area (Å²) in [6, 6.07) is 6.69. The van der Waals surface area contributed by atoms with Gasteiger partial charge in [-0.1, -0.05) is 6.92 Å². The summed E-state index contributed by atoms with van der Waals surface area (Å²) in [4.78, 5) is 23.9. The van der Waals surface area contributed by atoms with Gasteiger partial charge in [0.25, 0.3) is 5.91 Å². The molecule has 1 heterocycles. The summed E-state index contributed by atoms with van der Waals surface area (Å²) in [6.45, 7) is 5.54. The van der Waals surface area contributed by atoms with Crippen LogP contribution < -0.4 is 16.0 Å². The van der Waals surface area contributed by atoms with E-state index < -0.39 is 6.10 Å². The molecular weight excluding hydrogens is 322 g/mol. The Morgan fingerprint density at radius 3 is 2.44 bits per heavy atom. The average molecular weight is 349 g/mol. The topological polar surface area (TPSA) is 88.7 Å². The molecule has 0 saturated carbocycles. The molecule has 3 N–H and O–H groups in total. The highest BCUT2D eigenvalue weighted by atomic mass is 16.5. The molecule has 1 fully saturated rings. The van der Waals surface area contributed by atoms with E-state index in [-0.39, 0.29) is 18.0 Å².